The van der Waals surface area contributed by atoms with Gasteiger partial charge in [0.2, 0.25) is 0 Å². The van der Waals surface area contributed by atoms with Gasteiger partial charge in [0.15, 0.2) is 11.5 Å². The first-order valence-electron chi connectivity index (χ1n) is 11.8. The van der Waals surface area contributed by atoms with Crippen molar-refractivity contribution >= 4 is 21.6 Å². The molecule has 0 spiro atoms. The Bertz CT molecular complexity index is 1360. The van der Waals surface area contributed by atoms with Gasteiger partial charge in [0.1, 0.15) is 29.1 Å². The molecule has 196 valence electrons. The van der Waals surface area contributed by atoms with E-state index < -0.39 is 6.10 Å². The molecular weight excluding hydrogens is 494 g/mol. The van der Waals surface area contributed by atoms with Crippen LogP contribution in [0.3, 0.4) is 0 Å². The molecule has 0 aliphatic carbocycles. The van der Waals surface area contributed by atoms with Gasteiger partial charge in [-0.3, -0.25) is 9.69 Å². The smallest absolute Gasteiger partial charge is 0.260 e. The van der Waals surface area contributed by atoms with Crippen LogP contribution in [0.2, 0.25) is 0 Å². The largest absolute Gasteiger partial charge is 0.493 e. The lowest BCUT2D eigenvalue weighted by Gasteiger charge is -2.24. The molecule has 0 aliphatic heterocycles. The van der Waals surface area contributed by atoms with Gasteiger partial charge in [-0.05, 0) is 29.8 Å². The summed E-state index contributed by atoms with van der Waals surface area (Å²) in [7, 11) is 4.79. The number of H-pyrrole nitrogens is 1. The Kier molecular flexibility index (Phi) is 9.13. The van der Waals surface area contributed by atoms with Crippen molar-refractivity contribution in [2.75, 3.05) is 47.6 Å². The van der Waals surface area contributed by atoms with Gasteiger partial charge in [-0.1, -0.05) is 24.3 Å². The second kappa shape index (κ2) is 12.7. The van der Waals surface area contributed by atoms with E-state index in [1.165, 1.54) is 11.3 Å². The summed E-state index contributed by atoms with van der Waals surface area (Å²) in [5.41, 5.74) is 1.41. The fraction of sp³-hybridized carbons (Fsp3) is 0.333. The molecule has 2 heterocycles. The van der Waals surface area contributed by atoms with E-state index in [1.807, 2.05) is 58.8 Å². The van der Waals surface area contributed by atoms with Crippen molar-refractivity contribution in [1.29, 1.82) is 0 Å². The number of hydrogen-bond acceptors (Lipinski definition) is 9. The number of aliphatic hydroxyl groups is 1. The quantitative estimate of drug-likeness (QED) is 0.273. The molecule has 10 heteroatoms. The fourth-order valence-electron chi connectivity index (χ4n) is 4.01. The normalized spacial score (nSPS) is 12.1. The van der Waals surface area contributed by atoms with Crippen LogP contribution in [-0.2, 0) is 11.3 Å². The molecule has 2 aromatic heterocycles. The number of aromatic nitrogens is 2. The van der Waals surface area contributed by atoms with Gasteiger partial charge >= 0.3 is 0 Å². The Labute approximate surface area is 219 Å². The Morgan fingerprint density at radius 1 is 1.08 bits per heavy atom. The number of ether oxygens (including phenoxy) is 4. The monoisotopic (exact) mass is 525 g/mol. The Balaban J connectivity index is 1.51. The number of hydrogen-bond donors (Lipinski definition) is 2. The van der Waals surface area contributed by atoms with Crippen molar-refractivity contribution in [3.8, 4) is 28.4 Å². The summed E-state index contributed by atoms with van der Waals surface area (Å²) in [6.45, 7) is 1.86. The first kappa shape index (κ1) is 26.6. The van der Waals surface area contributed by atoms with Crippen LogP contribution >= 0.6 is 11.3 Å². The van der Waals surface area contributed by atoms with Crippen molar-refractivity contribution in [3.63, 3.8) is 0 Å². The van der Waals surface area contributed by atoms with Crippen LogP contribution in [-0.4, -0.2) is 73.7 Å². The van der Waals surface area contributed by atoms with Crippen LogP contribution in [0.15, 0.2) is 58.7 Å². The highest BCUT2D eigenvalue weighted by Gasteiger charge is 2.18. The van der Waals surface area contributed by atoms with E-state index in [2.05, 4.69) is 4.98 Å². The van der Waals surface area contributed by atoms with E-state index in [1.54, 1.807) is 21.3 Å². The molecule has 2 aromatic carbocycles. The van der Waals surface area contributed by atoms with Gasteiger partial charge < -0.3 is 29.0 Å². The van der Waals surface area contributed by atoms with Gasteiger partial charge in [-0.2, -0.15) is 0 Å². The lowest BCUT2D eigenvalue weighted by molar-refractivity contribution is 0.0533. The number of methoxy groups -OCH3 is 3. The molecule has 0 saturated carbocycles. The van der Waals surface area contributed by atoms with Crippen molar-refractivity contribution in [2.24, 2.45) is 0 Å². The molecule has 1 unspecified atom stereocenters. The highest BCUT2D eigenvalue weighted by Crippen LogP contribution is 2.36. The van der Waals surface area contributed by atoms with Crippen molar-refractivity contribution in [2.45, 2.75) is 12.6 Å². The van der Waals surface area contributed by atoms with Crippen LogP contribution in [0.1, 0.15) is 5.82 Å². The molecule has 0 bridgehead atoms. The minimum atomic E-state index is -0.731. The van der Waals surface area contributed by atoms with Crippen LogP contribution in [0.4, 0.5) is 0 Å². The zero-order chi connectivity index (χ0) is 26.2. The number of thiophene rings is 1. The lowest BCUT2D eigenvalue weighted by Crippen LogP contribution is -2.38. The molecule has 2 N–H and O–H groups in total. The lowest BCUT2D eigenvalue weighted by atomic mass is 10.1. The summed E-state index contributed by atoms with van der Waals surface area (Å²) in [4.78, 5) is 23.4. The highest BCUT2D eigenvalue weighted by atomic mass is 32.1. The number of fused-ring (bicyclic) bond motifs is 1. The SMILES string of the molecule is COCCN(Cc1nc2scc(-c3ccc(OC)c(OC)c3)c2c(=O)[nH]1)CC(O)COc1ccccc1. The number of para-hydroxylation sites is 1. The third-order valence-corrected chi connectivity index (χ3v) is 6.70. The summed E-state index contributed by atoms with van der Waals surface area (Å²) in [6.07, 6.45) is -0.731. The average molecular weight is 526 g/mol. The molecular formula is C27H31N3O6S. The van der Waals surface area contributed by atoms with E-state index in [0.29, 0.717) is 59.5 Å². The van der Waals surface area contributed by atoms with Crippen LogP contribution in [0.5, 0.6) is 17.2 Å². The number of aliphatic hydroxyl groups excluding tert-OH is 1. The summed E-state index contributed by atoms with van der Waals surface area (Å²) in [5.74, 6) is 2.42. The van der Waals surface area contributed by atoms with E-state index in [4.69, 9.17) is 23.9 Å². The molecule has 4 aromatic rings. The zero-order valence-electron chi connectivity index (χ0n) is 21.1. The molecule has 37 heavy (non-hydrogen) atoms. The summed E-state index contributed by atoms with van der Waals surface area (Å²) >= 11 is 1.41. The minimum Gasteiger partial charge on any atom is -0.493 e. The second-order valence-electron chi connectivity index (χ2n) is 8.42. The molecule has 0 aliphatic rings. The van der Waals surface area contributed by atoms with Gasteiger partial charge in [-0.25, -0.2) is 4.98 Å². The molecule has 1 atom stereocenters. The predicted octanol–water partition coefficient (Wildman–Crippen LogP) is 3.56. The second-order valence-corrected chi connectivity index (χ2v) is 9.28. The first-order chi connectivity index (χ1) is 18.0. The maximum Gasteiger partial charge on any atom is 0.260 e. The van der Waals surface area contributed by atoms with Gasteiger partial charge in [0.25, 0.3) is 5.56 Å². The van der Waals surface area contributed by atoms with Gasteiger partial charge in [-0.15, -0.1) is 11.3 Å². The third kappa shape index (κ3) is 6.66. The maximum atomic E-state index is 13.2. The van der Waals surface area contributed by atoms with Crippen molar-refractivity contribution in [1.82, 2.24) is 14.9 Å². The van der Waals surface area contributed by atoms with Gasteiger partial charge in [0.05, 0.1) is 32.8 Å². The third-order valence-electron chi connectivity index (χ3n) is 5.83. The van der Waals surface area contributed by atoms with Crippen LogP contribution in [0.25, 0.3) is 21.3 Å². The fourth-order valence-corrected chi connectivity index (χ4v) is 4.98. The van der Waals surface area contributed by atoms with E-state index in [9.17, 15) is 9.90 Å². The maximum absolute atomic E-state index is 13.2. The highest BCUT2D eigenvalue weighted by molar-refractivity contribution is 7.17. The summed E-state index contributed by atoms with van der Waals surface area (Å²) in [5, 5.41) is 13.0. The zero-order valence-corrected chi connectivity index (χ0v) is 21.9. The molecule has 0 fully saturated rings. The summed E-state index contributed by atoms with van der Waals surface area (Å²) < 4.78 is 21.7. The van der Waals surface area contributed by atoms with Gasteiger partial charge in [0, 0.05) is 31.1 Å². The van der Waals surface area contributed by atoms with E-state index >= 15 is 0 Å². The average Bonchev–Trinajstić information content (AvgIpc) is 3.35. The van der Waals surface area contributed by atoms with E-state index in [0.717, 1.165) is 11.1 Å². The van der Waals surface area contributed by atoms with Crippen molar-refractivity contribution in [3.05, 3.63) is 70.1 Å². The molecule has 0 radical (unpaired) electrons. The van der Waals surface area contributed by atoms with Crippen LogP contribution < -0.4 is 19.8 Å². The molecule has 4 rings (SSSR count). The number of nitrogens with zero attached hydrogens (tertiary/aromatic N) is 2. The Morgan fingerprint density at radius 3 is 2.59 bits per heavy atom. The molecule has 9 nitrogen and oxygen atoms in total. The summed E-state index contributed by atoms with van der Waals surface area (Å²) in [6, 6.07) is 14.9. The number of aromatic amines is 1. The first-order valence-corrected chi connectivity index (χ1v) is 12.7. The number of nitrogens with one attached hydrogen (secondary N) is 1. The standard InChI is InChI=1S/C27H31N3O6S/c1-33-12-11-30(14-19(31)16-36-20-7-5-4-6-8-20)15-24-28-26(32)25-21(17-37-27(25)29-24)18-9-10-22(34-2)23(13-18)35-3/h4-10,13,17,19,31H,11-12,14-16H2,1-3H3,(H,28,29,32). The van der Waals surface area contributed by atoms with E-state index in [-0.39, 0.29) is 12.2 Å². The minimum absolute atomic E-state index is 0.149. The van der Waals surface area contributed by atoms with Crippen molar-refractivity contribution < 1.29 is 24.1 Å². The number of benzene rings is 2. The molecule has 0 saturated heterocycles. The molecule has 0 amide bonds. The Hall–Kier alpha value is -3.44. The topological polar surface area (TPSA) is 106 Å². The predicted molar refractivity (Wildman–Crippen MR) is 144 cm³/mol. The van der Waals surface area contributed by atoms with Crippen LogP contribution in [0, 0.1) is 0 Å². The Morgan fingerprint density at radius 2 is 1.86 bits per heavy atom. The number of rotatable bonds is 13.